The Balaban J connectivity index is 2.90. The SMILES string of the molecule is Cc1cc(C(=O)O)c(F)c2cccnc12. The molecule has 76 valence electrons. The minimum absolute atomic E-state index is 0.245. The molecule has 0 aliphatic rings. The Bertz CT molecular complexity index is 552. The minimum atomic E-state index is -1.26. The summed E-state index contributed by atoms with van der Waals surface area (Å²) in [7, 11) is 0. The number of aromatic nitrogens is 1. The highest BCUT2D eigenvalue weighted by Gasteiger charge is 2.15. The highest BCUT2D eigenvalue weighted by atomic mass is 19.1. The van der Waals surface area contributed by atoms with Crippen molar-refractivity contribution in [1.82, 2.24) is 4.98 Å². The fourth-order valence-electron chi connectivity index (χ4n) is 1.55. The lowest BCUT2D eigenvalue weighted by Gasteiger charge is -2.05. The third kappa shape index (κ3) is 1.44. The number of hydrogen-bond donors (Lipinski definition) is 1. The van der Waals surface area contributed by atoms with Crippen LogP contribution in [0.5, 0.6) is 0 Å². The van der Waals surface area contributed by atoms with Gasteiger partial charge in [-0.15, -0.1) is 0 Å². The normalized spacial score (nSPS) is 10.5. The Kier molecular flexibility index (Phi) is 2.11. The van der Waals surface area contributed by atoms with Crippen molar-refractivity contribution >= 4 is 16.9 Å². The Morgan fingerprint density at radius 1 is 1.53 bits per heavy atom. The van der Waals surface area contributed by atoms with E-state index in [1.54, 1.807) is 19.2 Å². The van der Waals surface area contributed by atoms with Gasteiger partial charge >= 0.3 is 5.97 Å². The van der Waals surface area contributed by atoms with Gasteiger partial charge in [0.1, 0.15) is 5.82 Å². The molecular formula is C11H8FNO2. The lowest BCUT2D eigenvalue weighted by atomic mass is 10.1. The number of carbonyl (C=O) groups is 1. The van der Waals surface area contributed by atoms with Gasteiger partial charge in [-0.2, -0.15) is 0 Å². The number of pyridine rings is 1. The predicted molar refractivity (Wildman–Crippen MR) is 53.4 cm³/mol. The zero-order valence-corrected chi connectivity index (χ0v) is 7.99. The van der Waals surface area contributed by atoms with E-state index in [1.807, 2.05) is 0 Å². The molecule has 1 N–H and O–H groups in total. The Hall–Kier alpha value is -1.97. The molecular weight excluding hydrogens is 197 g/mol. The van der Waals surface area contributed by atoms with Crippen LogP contribution in [-0.4, -0.2) is 16.1 Å². The fourth-order valence-corrected chi connectivity index (χ4v) is 1.55. The van der Waals surface area contributed by atoms with Gasteiger partial charge in [-0.05, 0) is 30.7 Å². The quantitative estimate of drug-likeness (QED) is 0.777. The van der Waals surface area contributed by atoms with Crippen LogP contribution in [0.25, 0.3) is 10.9 Å². The number of aromatic carboxylic acids is 1. The first-order valence-corrected chi connectivity index (χ1v) is 4.38. The van der Waals surface area contributed by atoms with Crippen LogP contribution in [0.3, 0.4) is 0 Å². The van der Waals surface area contributed by atoms with Crippen LogP contribution >= 0.6 is 0 Å². The number of nitrogens with zero attached hydrogens (tertiary/aromatic N) is 1. The lowest BCUT2D eigenvalue weighted by molar-refractivity contribution is 0.0692. The Labute approximate surface area is 85.2 Å². The minimum Gasteiger partial charge on any atom is -0.478 e. The maximum atomic E-state index is 13.7. The van der Waals surface area contributed by atoms with Crippen molar-refractivity contribution in [3.8, 4) is 0 Å². The molecule has 1 heterocycles. The van der Waals surface area contributed by atoms with Gasteiger partial charge in [-0.1, -0.05) is 0 Å². The van der Waals surface area contributed by atoms with Gasteiger partial charge in [0.15, 0.2) is 0 Å². The smallest absolute Gasteiger partial charge is 0.338 e. The summed E-state index contributed by atoms with van der Waals surface area (Å²) in [6, 6.07) is 4.40. The fraction of sp³-hybridized carbons (Fsp3) is 0.0909. The molecule has 4 heteroatoms. The van der Waals surface area contributed by atoms with Gasteiger partial charge in [0.25, 0.3) is 0 Å². The van der Waals surface area contributed by atoms with E-state index in [1.165, 1.54) is 12.1 Å². The van der Waals surface area contributed by atoms with E-state index in [0.717, 1.165) is 0 Å². The van der Waals surface area contributed by atoms with Crippen LogP contribution < -0.4 is 0 Å². The van der Waals surface area contributed by atoms with E-state index >= 15 is 0 Å². The highest BCUT2D eigenvalue weighted by molar-refractivity contribution is 5.95. The average molecular weight is 205 g/mol. The molecule has 0 amide bonds. The van der Waals surface area contributed by atoms with Gasteiger partial charge in [0.2, 0.25) is 0 Å². The molecule has 1 aromatic heterocycles. The second-order valence-corrected chi connectivity index (χ2v) is 3.26. The van der Waals surface area contributed by atoms with Crippen LogP contribution in [0.2, 0.25) is 0 Å². The molecule has 15 heavy (non-hydrogen) atoms. The molecule has 0 saturated carbocycles. The van der Waals surface area contributed by atoms with Crippen molar-refractivity contribution in [1.29, 1.82) is 0 Å². The van der Waals surface area contributed by atoms with Gasteiger partial charge in [-0.3, -0.25) is 4.98 Å². The molecule has 3 nitrogen and oxygen atoms in total. The van der Waals surface area contributed by atoms with E-state index < -0.39 is 11.8 Å². The van der Waals surface area contributed by atoms with Crippen LogP contribution in [0, 0.1) is 12.7 Å². The number of carboxylic acids is 1. The monoisotopic (exact) mass is 205 g/mol. The van der Waals surface area contributed by atoms with Crippen molar-refractivity contribution < 1.29 is 14.3 Å². The largest absolute Gasteiger partial charge is 0.478 e. The summed E-state index contributed by atoms with van der Waals surface area (Å²) in [5, 5.41) is 9.03. The van der Waals surface area contributed by atoms with Crippen molar-refractivity contribution in [2.75, 3.05) is 0 Å². The number of rotatable bonds is 1. The summed E-state index contributed by atoms with van der Waals surface area (Å²) in [5.74, 6) is -1.99. The lowest BCUT2D eigenvalue weighted by Crippen LogP contribution is -2.02. The van der Waals surface area contributed by atoms with Crippen LogP contribution in [0.15, 0.2) is 24.4 Å². The maximum absolute atomic E-state index is 13.7. The molecule has 0 radical (unpaired) electrons. The highest BCUT2D eigenvalue weighted by Crippen LogP contribution is 2.22. The topological polar surface area (TPSA) is 50.2 Å². The van der Waals surface area contributed by atoms with Gasteiger partial charge in [0.05, 0.1) is 11.1 Å². The van der Waals surface area contributed by atoms with Crippen molar-refractivity contribution in [3.05, 3.63) is 41.3 Å². The third-order valence-corrected chi connectivity index (χ3v) is 2.25. The average Bonchev–Trinajstić information content (AvgIpc) is 2.23. The molecule has 0 saturated heterocycles. The van der Waals surface area contributed by atoms with Crippen LogP contribution in [-0.2, 0) is 0 Å². The Morgan fingerprint density at radius 3 is 2.93 bits per heavy atom. The molecule has 2 rings (SSSR count). The number of fused-ring (bicyclic) bond motifs is 1. The van der Waals surface area contributed by atoms with E-state index in [2.05, 4.69) is 4.98 Å². The molecule has 0 aliphatic carbocycles. The van der Waals surface area contributed by atoms with Crippen LogP contribution in [0.4, 0.5) is 4.39 Å². The first kappa shape index (κ1) is 9.58. The summed E-state index contributed by atoms with van der Waals surface area (Å²) in [4.78, 5) is 14.8. The molecule has 0 spiro atoms. The number of aryl methyl sites for hydroxylation is 1. The van der Waals surface area contributed by atoms with E-state index in [9.17, 15) is 9.18 Å². The summed E-state index contributed by atoms with van der Waals surface area (Å²) >= 11 is 0. The number of hydrogen-bond acceptors (Lipinski definition) is 2. The standard InChI is InChI=1S/C11H8FNO2/c1-6-5-8(11(14)15)9(12)7-3-2-4-13-10(6)7/h2-5H,1H3,(H,14,15). The molecule has 0 aliphatic heterocycles. The van der Waals surface area contributed by atoms with Crippen LogP contribution in [0.1, 0.15) is 15.9 Å². The van der Waals surface area contributed by atoms with E-state index in [0.29, 0.717) is 11.1 Å². The molecule has 2 aromatic rings. The first-order valence-electron chi connectivity index (χ1n) is 4.38. The molecule has 0 atom stereocenters. The summed E-state index contributed by atoms with van der Waals surface area (Å²) < 4.78 is 13.7. The van der Waals surface area contributed by atoms with Gasteiger partial charge in [-0.25, -0.2) is 9.18 Å². The second-order valence-electron chi connectivity index (χ2n) is 3.26. The summed E-state index contributed by atoms with van der Waals surface area (Å²) in [6.45, 7) is 1.71. The number of carboxylic acid groups (broad SMARTS) is 1. The van der Waals surface area contributed by atoms with Gasteiger partial charge < -0.3 is 5.11 Å². The van der Waals surface area contributed by atoms with E-state index in [-0.39, 0.29) is 10.9 Å². The second kappa shape index (κ2) is 3.31. The summed E-state index contributed by atoms with van der Waals surface area (Å²) in [6.07, 6.45) is 1.55. The van der Waals surface area contributed by atoms with Gasteiger partial charge in [0, 0.05) is 11.6 Å². The zero-order chi connectivity index (χ0) is 11.0. The summed E-state index contributed by atoms with van der Waals surface area (Å²) in [5.41, 5.74) is 0.845. The molecule has 1 aromatic carbocycles. The number of benzene rings is 1. The zero-order valence-electron chi connectivity index (χ0n) is 7.99. The molecule has 0 unspecified atom stereocenters. The van der Waals surface area contributed by atoms with Crippen molar-refractivity contribution in [2.45, 2.75) is 6.92 Å². The van der Waals surface area contributed by atoms with Crippen molar-refractivity contribution in [2.24, 2.45) is 0 Å². The third-order valence-electron chi connectivity index (χ3n) is 2.25. The maximum Gasteiger partial charge on any atom is 0.338 e. The predicted octanol–water partition coefficient (Wildman–Crippen LogP) is 2.38. The first-order chi connectivity index (χ1) is 7.11. The molecule has 0 fully saturated rings. The number of halogens is 1. The Morgan fingerprint density at radius 2 is 2.27 bits per heavy atom. The van der Waals surface area contributed by atoms with E-state index in [4.69, 9.17) is 5.11 Å². The molecule has 0 bridgehead atoms. The van der Waals surface area contributed by atoms with Crippen molar-refractivity contribution in [3.63, 3.8) is 0 Å².